The number of nitrogens with zero attached hydrogens (tertiary/aromatic N) is 5. The smallest absolute Gasteiger partial charge is 0.416 e. The van der Waals surface area contributed by atoms with Gasteiger partial charge in [0.2, 0.25) is 5.82 Å². The number of aromatic nitrogens is 2. The van der Waals surface area contributed by atoms with Crippen LogP contribution in [0.15, 0.2) is 18.2 Å². The number of halogens is 6. The van der Waals surface area contributed by atoms with E-state index in [0.29, 0.717) is 43.5 Å². The van der Waals surface area contributed by atoms with Gasteiger partial charge in [-0.25, -0.2) is 4.79 Å². The van der Waals surface area contributed by atoms with Gasteiger partial charge in [0.25, 0.3) is 5.88 Å². The van der Waals surface area contributed by atoms with E-state index in [9.17, 15) is 31.1 Å². The number of likely N-dealkylation sites (tertiary alicyclic amines) is 1. The van der Waals surface area contributed by atoms with Crippen LogP contribution in [0.25, 0.3) is 0 Å². The molecular weight excluding hydrogens is 514 g/mol. The normalized spacial score (nSPS) is 17.5. The topological polar surface area (TPSA) is 73.8 Å². The first kappa shape index (κ1) is 26.3. The molecule has 2 aromatic rings. The number of urea groups is 1. The monoisotopic (exact) mass is 538 g/mol. The van der Waals surface area contributed by atoms with Crippen molar-refractivity contribution in [3.8, 4) is 5.88 Å². The van der Waals surface area contributed by atoms with Crippen molar-refractivity contribution in [3.05, 3.63) is 29.3 Å². The Balaban J connectivity index is 1.34. The van der Waals surface area contributed by atoms with Crippen LogP contribution >= 0.6 is 11.7 Å². The standard InChI is InChI=1S/C21H24F6N6O2S/c22-20(23,24)14-11-15(21(25,26)27)13-16(12-14)28-19(34)33-7-5-32(6-8-33)17-18(30-36-29-17)35-10-9-31-3-1-2-4-31/h11-13H,1-10H2,(H,28,34). The molecule has 2 aliphatic rings. The fraction of sp³-hybridized carbons (Fsp3) is 0.571. The number of carbonyl (C=O) groups excluding carboxylic acids is 1. The zero-order chi connectivity index (χ0) is 25.9. The van der Waals surface area contributed by atoms with Gasteiger partial charge in [0, 0.05) is 38.4 Å². The van der Waals surface area contributed by atoms with Gasteiger partial charge < -0.3 is 19.9 Å². The molecule has 1 N–H and O–H groups in total. The van der Waals surface area contributed by atoms with Gasteiger partial charge in [-0.05, 0) is 44.1 Å². The summed E-state index contributed by atoms with van der Waals surface area (Å²) in [6, 6.07) is 0.188. The van der Waals surface area contributed by atoms with Crippen LogP contribution in [0.3, 0.4) is 0 Å². The second-order valence-corrected chi connectivity index (χ2v) is 9.02. The highest BCUT2D eigenvalue weighted by molar-refractivity contribution is 6.99. The maximum atomic E-state index is 13.1. The summed E-state index contributed by atoms with van der Waals surface area (Å²) < 4.78 is 92.7. The van der Waals surface area contributed by atoms with Crippen LogP contribution in [0.1, 0.15) is 24.0 Å². The average Bonchev–Trinajstić information content (AvgIpc) is 3.50. The minimum absolute atomic E-state index is 0.0150. The molecule has 15 heteroatoms. The Hall–Kier alpha value is -2.81. The summed E-state index contributed by atoms with van der Waals surface area (Å²) in [5.41, 5.74) is -3.57. The molecule has 4 rings (SSSR count). The van der Waals surface area contributed by atoms with E-state index in [4.69, 9.17) is 4.74 Å². The second kappa shape index (κ2) is 10.7. The highest BCUT2D eigenvalue weighted by Gasteiger charge is 2.37. The molecule has 0 radical (unpaired) electrons. The van der Waals surface area contributed by atoms with E-state index in [1.165, 1.54) is 17.7 Å². The SMILES string of the molecule is O=C(Nc1cc(C(F)(F)F)cc(C(F)(F)F)c1)N1CCN(c2nsnc2OCCN2CCCC2)CC1. The highest BCUT2D eigenvalue weighted by atomic mass is 32.1. The lowest BCUT2D eigenvalue weighted by Crippen LogP contribution is -2.50. The Morgan fingerprint density at radius 3 is 2.11 bits per heavy atom. The third-order valence-electron chi connectivity index (χ3n) is 5.99. The Morgan fingerprint density at radius 1 is 0.917 bits per heavy atom. The van der Waals surface area contributed by atoms with E-state index < -0.39 is 35.2 Å². The molecule has 2 aliphatic heterocycles. The van der Waals surface area contributed by atoms with E-state index in [1.54, 1.807) is 0 Å². The van der Waals surface area contributed by atoms with E-state index >= 15 is 0 Å². The number of hydrogen-bond donors (Lipinski definition) is 1. The highest BCUT2D eigenvalue weighted by Crippen LogP contribution is 2.37. The number of hydrogen-bond acceptors (Lipinski definition) is 7. The van der Waals surface area contributed by atoms with Crippen LogP contribution in [0.4, 0.5) is 42.6 Å². The average molecular weight is 539 g/mol. The zero-order valence-electron chi connectivity index (χ0n) is 19.0. The van der Waals surface area contributed by atoms with Crippen LogP contribution in [0.2, 0.25) is 0 Å². The van der Waals surface area contributed by atoms with Gasteiger partial charge in [0.05, 0.1) is 22.9 Å². The number of ether oxygens (including phenoxy) is 1. The largest absolute Gasteiger partial charge is 0.473 e. The number of benzene rings is 1. The molecule has 1 aromatic heterocycles. The van der Waals surface area contributed by atoms with Crippen LogP contribution in [0.5, 0.6) is 5.88 Å². The first-order valence-electron chi connectivity index (χ1n) is 11.3. The zero-order valence-corrected chi connectivity index (χ0v) is 19.8. The first-order chi connectivity index (χ1) is 17.0. The lowest BCUT2D eigenvalue weighted by atomic mass is 10.1. The van der Waals surface area contributed by atoms with Crippen molar-refractivity contribution < 1.29 is 35.9 Å². The van der Waals surface area contributed by atoms with Gasteiger partial charge in [-0.1, -0.05) is 0 Å². The van der Waals surface area contributed by atoms with Crippen molar-refractivity contribution in [2.75, 3.05) is 62.6 Å². The number of anilines is 2. The molecule has 0 atom stereocenters. The van der Waals surface area contributed by atoms with Crippen molar-refractivity contribution in [3.63, 3.8) is 0 Å². The van der Waals surface area contributed by atoms with Gasteiger partial charge in [-0.3, -0.25) is 4.90 Å². The lowest BCUT2D eigenvalue weighted by Gasteiger charge is -2.34. The molecule has 0 spiro atoms. The Bertz CT molecular complexity index is 1020. The molecular formula is C21H24F6N6O2S. The number of rotatable bonds is 6. The minimum atomic E-state index is -5.00. The van der Waals surface area contributed by atoms with Crippen LogP contribution in [0, 0.1) is 0 Å². The summed E-state index contributed by atoms with van der Waals surface area (Å²) >= 11 is 1.00. The molecule has 3 heterocycles. The van der Waals surface area contributed by atoms with Crippen molar-refractivity contribution in [1.82, 2.24) is 18.5 Å². The summed E-state index contributed by atoms with van der Waals surface area (Å²) in [5, 5.41) is 2.17. The molecule has 2 saturated heterocycles. The Morgan fingerprint density at radius 2 is 1.53 bits per heavy atom. The first-order valence-corrected chi connectivity index (χ1v) is 12.0. The van der Waals surface area contributed by atoms with Crippen LogP contribution in [-0.2, 0) is 12.4 Å². The molecule has 36 heavy (non-hydrogen) atoms. The molecule has 8 nitrogen and oxygen atoms in total. The number of piperazine rings is 1. The lowest BCUT2D eigenvalue weighted by molar-refractivity contribution is -0.143. The van der Waals surface area contributed by atoms with E-state index in [-0.39, 0.29) is 19.2 Å². The minimum Gasteiger partial charge on any atom is -0.473 e. The van der Waals surface area contributed by atoms with Crippen molar-refractivity contribution >= 4 is 29.3 Å². The number of nitrogens with one attached hydrogen (secondary N) is 1. The summed E-state index contributed by atoms with van der Waals surface area (Å²) in [7, 11) is 0. The summed E-state index contributed by atoms with van der Waals surface area (Å²) in [6.07, 6.45) is -7.64. The van der Waals surface area contributed by atoms with Gasteiger partial charge >= 0.3 is 18.4 Å². The quantitative estimate of drug-likeness (QED) is 0.550. The number of carbonyl (C=O) groups is 1. The van der Waals surface area contributed by atoms with Gasteiger partial charge in [0.1, 0.15) is 6.61 Å². The van der Waals surface area contributed by atoms with Crippen molar-refractivity contribution in [2.45, 2.75) is 25.2 Å². The fourth-order valence-corrected chi connectivity index (χ4v) is 4.61. The van der Waals surface area contributed by atoms with E-state index in [1.807, 2.05) is 4.90 Å². The fourth-order valence-electron chi connectivity index (χ4n) is 4.09. The third kappa shape index (κ3) is 6.49. The second-order valence-electron chi connectivity index (χ2n) is 8.49. The van der Waals surface area contributed by atoms with E-state index in [0.717, 1.165) is 31.4 Å². The molecule has 0 saturated carbocycles. The third-order valence-corrected chi connectivity index (χ3v) is 6.49. The molecule has 198 valence electrons. The summed E-state index contributed by atoms with van der Waals surface area (Å²) in [4.78, 5) is 18.1. The van der Waals surface area contributed by atoms with Crippen LogP contribution in [-0.4, -0.2) is 77.0 Å². The summed E-state index contributed by atoms with van der Waals surface area (Å²) in [5.74, 6) is 0.954. The van der Waals surface area contributed by atoms with Gasteiger partial charge in [0.15, 0.2) is 0 Å². The molecule has 0 unspecified atom stereocenters. The van der Waals surface area contributed by atoms with Crippen molar-refractivity contribution in [2.24, 2.45) is 0 Å². The maximum Gasteiger partial charge on any atom is 0.416 e. The summed E-state index contributed by atoms with van der Waals surface area (Å²) in [6.45, 7) is 4.41. The van der Waals surface area contributed by atoms with Gasteiger partial charge in [-0.15, -0.1) is 4.37 Å². The molecule has 2 amide bonds. The van der Waals surface area contributed by atoms with E-state index in [2.05, 4.69) is 19.0 Å². The molecule has 0 bridgehead atoms. The van der Waals surface area contributed by atoms with Crippen molar-refractivity contribution in [1.29, 1.82) is 0 Å². The number of alkyl halides is 6. The predicted molar refractivity (Wildman–Crippen MR) is 120 cm³/mol. The Labute approximate surface area is 207 Å². The maximum absolute atomic E-state index is 13.1. The van der Waals surface area contributed by atoms with Crippen LogP contribution < -0.4 is 15.0 Å². The number of amides is 2. The Kier molecular flexibility index (Phi) is 7.78. The van der Waals surface area contributed by atoms with Gasteiger partial charge in [-0.2, -0.15) is 30.7 Å². The predicted octanol–water partition coefficient (Wildman–Crippen LogP) is 4.40. The molecule has 1 aromatic carbocycles. The molecule has 2 fully saturated rings. The molecule has 0 aliphatic carbocycles.